The van der Waals surface area contributed by atoms with Gasteiger partial charge >= 0.3 is 0 Å². The lowest BCUT2D eigenvalue weighted by Gasteiger charge is -2.26. The number of methoxy groups -OCH3 is 3. The van der Waals surface area contributed by atoms with E-state index >= 15 is 0 Å². The van der Waals surface area contributed by atoms with E-state index < -0.39 is 29.3 Å². The molecular formula is C26H21ClFNO6. The molecule has 0 radical (unpaired) electrons. The van der Waals surface area contributed by atoms with Gasteiger partial charge < -0.3 is 19.3 Å². The first-order valence-electron chi connectivity index (χ1n) is 10.4. The number of Topliss-reactive ketones (excluding diaryl/α,β-unsaturated/α-hetero) is 1. The van der Waals surface area contributed by atoms with E-state index in [0.29, 0.717) is 22.7 Å². The molecule has 4 rings (SSSR count). The third-order valence-corrected chi connectivity index (χ3v) is 6.00. The molecule has 1 unspecified atom stereocenters. The predicted molar refractivity (Wildman–Crippen MR) is 129 cm³/mol. The number of ketones is 1. The molecule has 1 atom stereocenters. The van der Waals surface area contributed by atoms with Gasteiger partial charge in [0.2, 0.25) is 0 Å². The smallest absolute Gasteiger partial charge is 0.300 e. The minimum absolute atomic E-state index is 0.157. The van der Waals surface area contributed by atoms with Crippen LogP contribution in [0.1, 0.15) is 17.2 Å². The van der Waals surface area contributed by atoms with Crippen LogP contribution in [-0.2, 0) is 9.59 Å². The molecule has 35 heavy (non-hydrogen) atoms. The third-order valence-electron chi connectivity index (χ3n) is 5.71. The second kappa shape index (κ2) is 9.68. The highest BCUT2D eigenvalue weighted by Gasteiger charge is 2.47. The molecule has 1 aliphatic heterocycles. The van der Waals surface area contributed by atoms with E-state index in [2.05, 4.69) is 0 Å². The van der Waals surface area contributed by atoms with Crippen LogP contribution in [0.15, 0.2) is 66.2 Å². The first-order valence-corrected chi connectivity index (χ1v) is 10.8. The van der Waals surface area contributed by atoms with E-state index in [0.717, 1.165) is 0 Å². The van der Waals surface area contributed by atoms with Crippen molar-refractivity contribution in [3.8, 4) is 17.2 Å². The molecule has 3 aromatic carbocycles. The number of carbonyl (C=O) groups excluding carboxylic acids is 2. The molecule has 3 aromatic rings. The zero-order valence-electron chi connectivity index (χ0n) is 19.0. The maximum Gasteiger partial charge on any atom is 0.300 e. The van der Waals surface area contributed by atoms with Crippen LogP contribution in [0, 0.1) is 5.82 Å². The molecule has 7 nitrogen and oxygen atoms in total. The van der Waals surface area contributed by atoms with Crippen LogP contribution < -0.4 is 19.1 Å². The number of hydrogen-bond acceptors (Lipinski definition) is 6. The van der Waals surface area contributed by atoms with Crippen molar-refractivity contribution in [2.24, 2.45) is 0 Å². The van der Waals surface area contributed by atoms with Crippen LogP contribution in [0.3, 0.4) is 0 Å². The van der Waals surface area contributed by atoms with Gasteiger partial charge in [0.1, 0.15) is 28.8 Å². The second-order valence-corrected chi connectivity index (χ2v) is 8.01. The van der Waals surface area contributed by atoms with Crippen molar-refractivity contribution in [3.05, 3.63) is 88.2 Å². The zero-order chi connectivity index (χ0) is 25.3. The highest BCUT2D eigenvalue weighted by Crippen LogP contribution is 2.44. The SMILES string of the molecule is COc1ccc(OC)c(/C(O)=C2\C(=O)C(=O)N(c3ccc(OC)c(Cl)c3)C2c2ccc(F)cc2)c1. The minimum atomic E-state index is -1.07. The molecule has 1 saturated heterocycles. The molecular weight excluding hydrogens is 477 g/mol. The quantitative estimate of drug-likeness (QED) is 0.289. The Morgan fingerprint density at radius 2 is 1.57 bits per heavy atom. The Morgan fingerprint density at radius 1 is 0.914 bits per heavy atom. The molecule has 9 heteroatoms. The fraction of sp³-hybridized carbons (Fsp3) is 0.154. The Hall–Kier alpha value is -4.04. The number of aliphatic hydroxyl groups excluding tert-OH is 1. The number of hydrogen-bond donors (Lipinski definition) is 1. The van der Waals surface area contributed by atoms with Gasteiger partial charge in [0.05, 0.1) is 43.5 Å². The van der Waals surface area contributed by atoms with Gasteiger partial charge in [0.25, 0.3) is 11.7 Å². The molecule has 0 aromatic heterocycles. The number of halogens is 2. The highest BCUT2D eigenvalue weighted by atomic mass is 35.5. The lowest BCUT2D eigenvalue weighted by Crippen LogP contribution is -2.29. The summed E-state index contributed by atoms with van der Waals surface area (Å²) in [4.78, 5) is 27.8. The summed E-state index contributed by atoms with van der Waals surface area (Å²) in [6, 6.07) is 13.5. The number of benzene rings is 3. The predicted octanol–water partition coefficient (Wildman–Crippen LogP) is 5.13. The monoisotopic (exact) mass is 497 g/mol. The molecule has 1 N–H and O–H groups in total. The average molecular weight is 498 g/mol. The Balaban J connectivity index is 1.98. The summed E-state index contributed by atoms with van der Waals surface area (Å²) in [5.74, 6) is -1.71. The maximum atomic E-state index is 13.7. The van der Waals surface area contributed by atoms with Gasteiger partial charge in [-0.05, 0) is 54.1 Å². The maximum absolute atomic E-state index is 13.7. The molecule has 180 valence electrons. The summed E-state index contributed by atoms with van der Waals surface area (Å²) in [5.41, 5.74) is 0.662. The largest absolute Gasteiger partial charge is 0.507 e. The van der Waals surface area contributed by atoms with Crippen molar-refractivity contribution in [2.45, 2.75) is 6.04 Å². The van der Waals surface area contributed by atoms with Gasteiger partial charge in [-0.3, -0.25) is 14.5 Å². The van der Waals surface area contributed by atoms with Crippen LogP contribution >= 0.6 is 11.6 Å². The second-order valence-electron chi connectivity index (χ2n) is 7.61. The van der Waals surface area contributed by atoms with Crippen LogP contribution in [0.25, 0.3) is 5.76 Å². The highest BCUT2D eigenvalue weighted by molar-refractivity contribution is 6.52. The van der Waals surface area contributed by atoms with E-state index in [-0.39, 0.29) is 21.9 Å². The average Bonchev–Trinajstić information content (AvgIpc) is 3.13. The normalized spacial score (nSPS) is 16.9. The van der Waals surface area contributed by atoms with E-state index in [1.54, 1.807) is 24.3 Å². The molecule has 0 bridgehead atoms. The number of ether oxygens (including phenoxy) is 3. The number of amides is 1. The summed E-state index contributed by atoms with van der Waals surface area (Å²) in [5, 5.41) is 11.6. The minimum Gasteiger partial charge on any atom is -0.507 e. The number of aliphatic hydroxyl groups is 1. The fourth-order valence-electron chi connectivity index (χ4n) is 4.01. The molecule has 1 heterocycles. The van der Waals surface area contributed by atoms with E-state index in [4.69, 9.17) is 25.8 Å². The molecule has 1 amide bonds. The van der Waals surface area contributed by atoms with Crippen LogP contribution in [0.4, 0.5) is 10.1 Å². The Bertz CT molecular complexity index is 1340. The zero-order valence-corrected chi connectivity index (χ0v) is 19.8. The third kappa shape index (κ3) is 4.28. The fourth-order valence-corrected chi connectivity index (χ4v) is 4.26. The summed E-state index contributed by atoms with van der Waals surface area (Å²) < 4.78 is 29.5. The van der Waals surface area contributed by atoms with Gasteiger partial charge in [-0.15, -0.1) is 0 Å². The van der Waals surface area contributed by atoms with Crippen LogP contribution in [0.2, 0.25) is 5.02 Å². The van der Waals surface area contributed by atoms with Crippen LogP contribution in [0.5, 0.6) is 17.2 Å². The van der Waals surface area contributed by atoms with Gasteiger partial charge in [-0.25, -0.2) is 4.39 Å². The van der Waals surface area contributed by atoms with Gasteiger partial charge in [0.15, 0.2) is 0 Å². The van der Waals surface area contributed by atoms with Gasteiger partial charge in [0, 0.05) is 5.69 Å². The van der Waals surface area contributed by atoms with Crippen molar-refractivity contribution < 1.29 is 33.3 Å². The Kier molecular flexibility index (Phi) is 6.66. The Labute approximate surface area is 205 Å². The van der Waals surface area contributed by atoms with E-state index in [9.17, 15) is 19.1 Å². The van der Waals surface area contributed by atoms with Crippen molar-refractivity contribution >= 4 is 34.7 Å². The van der Waals surface area contributed by atoms with Gasteiger partial charge in [-0.1, -0.05) is 23.7 Å². The van der Waals surface area contributed by atoms with Crippen molar-refractivity contribution in [2.75, 3.05) is 26.2 Å². The number of carbonyl (C=O) groups is 2. The summed E-state index contributed by atoms with van der Waals surface area (Å²) >= 11 is 6.29. The van der Waals surface area contributed by atoms with Crippen molar-refractivity contribution in [1.82, 2.24) is 0 Å². The standard InChI is InChI=1S/C26H21ClFNO6/c1-33-17-9-11-20(34-2)18(13-17)24(30)22-23(14-4-6-15(28)7-5-14)29(26(32)25(22)31)16-8-10-21(35-3)19(27)12-16/h4-13,23,30H,1-3H3/b24-22+. The first kappa shape index (κ1) is 24.1. The number of anilines is 1. The molecule has 0 saturated carbocycles. The summed E-state index contributed by atoms with van der Waals surface area (Å²) in [6.45, 7) is 0. The van der Waals surface area contributed by atoms with E-state index in [1.807, 2.05) is 0 Å². The molecule has 1 fully saturated rings. The van der Waals surface area contributed by atoms with Crippen molar-refractivity contribution in [3.63, 3.8) is 0 Å². The molecule has 0 spiro atoms. The van der Waals surface area contributed by atoms with Crippen molar-refractivity contribution in [1.29, 1.82) is 0 Å². The van der Waals surface area contributed by atoms with Gasteiger partial charge in [-0.2, -0.15) is 0 Å². The van der Waals surface area contributed by atoms with Crippen LogP contribution in [-0.4, -0.2) is 38.1 Å². The number of nitrogens with zero attached hydrogens (tertiary/aromatic N) is 1. The summed E-state index contributed by atoms with van der Waals surface area (Å²) in [6.07, 6.45) is 0. The lowest BCUT2D eigenvalue weighted by molar-refractivity contribution is -0.132. The molecule has 0 aliphatic carbocycles. The summed E-state index contributed by atoms with van der Waals surface area (Å²) in [7, 11) is 4.32. The first-order chi connectivity index (χ1) is 16.8. The molecule has 1 aliphatic rings. The topological polar surface area (TPSA) is 85.3 Å². The Morgan fingerprint density at radius 3 is 2.17 bits per heavy atom. The lowest BCUT2D eigenvalue weighted by atomic mass is 9.94. The number of rotatable bonds is 6. The van der Waals surface area contributed by atoms with E-state index in [1.165, 1.54) is 62.6 Å².